The maximum Gasteiger partial charge on any atom is 0.306 e. The van der Waals surface area contributed by atoms with E-state index < -0.39 is 0 Å². The number of ether oxygens (including phenoxy) is 2. The van der Waals surface area contributed by atoms with Crippen molar-refractivity contribution in [2.45, 2.75) is 38.6 Å². The number of hydrogen-bond donors (Lipinski definition) is 1. The lowest BCUT2D eigenvalue weighted by molar-refractivity contribution is -0.145. The molecule has 0 spiro atoms. The molecule has 0 bridgehead atoms. The molecule has 2 aliphatic heterocycles. The van der Waals surface area contributed by atoms with E-state index >= 15 is 0 Å². The van der Waals surface area contributed by atoms with Crippen LogP contribution in [0.5, 0.6) is 5.75 Å². The molecular formula is C30H35N7O4. The van der Waals surface area contributed by atoms with Crippen molar-refractivity contribution in [1.29, 1.82) is 0 Å². The van der Waals surface area contributed by atoms with E-state index in [9.17, 15) is 9.59 Å². The van der Waals surface area contributed by atoms with E-state index in [1.54, 1.807) is 19.6 Å². The highest BCUT2D eigenvalue weighted by atomic mass is 16.5. The number of rotatable bonds is 9. The van der Waals surface area contributed by atoms with E-state index in [1.807, 2.05) is 17.0 Å². The zero-order valence-corrected chi connectivity index (χ0v) is 23.3. The van der Waals surface area contributed by atoms with Gasteiger partial charge in [0, 0.05) is 50.2 Å². The summed E-state index contributed by atoms with van der Waals surface area (Å²) in [6.07, 6.45) is 5.65. The van der Waals surface area contributed by atoms with Crippen LogP contribution in [0.3, 0.4) is 0 Å². The molecule has 1 amide bonds. The summed E-state index contributed by atoms with van der Waals surface area (Å²) in [5.74, 6) is 1.41. The van der Waals surface area contributed by atoms with E-state index in [2.05, 4.69) is 54.0 Å². The number of amides is 1. The monoisotopic (exact) mass is 557 g/mol. The number of imidazole rings is 1. The molecule has 2 aromatic carbocycles. The van der Waals surface area contributed by atoms with Gasteiger partial charge >= 0.3 is 5.97 Å². The molecule has 4 aromatic rings. The number of nitrogens with one attached hydrogen (secondary N) is 1. The number of aromatic amines is 1. The number of nitrogens with zero attached hydrogens (tertiary/aromatic N) is 6. The number of benzene rings is 2. The number of aromatic nitrogens is 4. The molecule has 11 nitrogen and oxygen atoms in total. The van der Waals surface area contributed by atoms with Crippen LogP contribution >= 0.6 is 0 Å². The number of carbonyl (C=O) groups excluding carboxylic acids is 2. The highest BCUT2D eigenvalue weighted by molar-refractivity contribution is 5.91. The van der Waals surface area contributed by atoms with Crippen molar-refractivity contribution in [1.82, 2.24) is 24.8 Å². The lowest BCUT2D eigenvalue weighted by Gasteiger charge is -2.36. The van der Waals surface area contributed by atoms with Crippen LogP contribution in [0.15, 0.2) is 49.1 Å². The second-order valence-corrected chi connectivity index (χ2v) is 10.4. The molecule has 4 heterocycles. The number of esters is 1. The van der Waals surface area contributed by atoms with E-state index in [0.717, 1.165) is 66.0 Å². The van der Waals surface area contributed by atoms with Crippen molar-refractivity contribution in [3.05, 3.63) is 49.1 Å². The SMILES string of the molecule is CCOC(=O)CCC(=O)N1CCN(c2ccc3cccc(OC[C@H]4CCCN4c4ncnc5nc[nH]c45)c3c2)CC1. The molecule has 11 heteroatoms. The third-order valence-corrected chi connectivity index (χ3v) is 7.95. The van der Waals surface area contributed by atoms with Gasteiger partial charge in [-0.25, -0.2) is 15.0 Å². The largest absolute Gasteiger partial charge is 0.491 e. The van der Waals surface area contributed by atoms with Crippen LogP contribution in [0.1, 0.15) is 32.6 Å². The number of fused-ring (bicyclic) bond motifs is 2. The number of anilines is 2. The number of carbonyl (C=O) groups is 2. The zero-order chi connectivity index (χ0) is 28.2. The Hall–Kier alpha value is -4.41. The first-order valence-corrected chi connectivity index (χ1v) is 14.4. The van der Waals surface area contributed by atoms with Crippen LogP contribution in [-0.2, 0) is 14.3 Å². The summed E-state index contributed by atoms with van der Waals surface area (Å²) in [4.78, 5) is 46.9. The minimum absolute atomic E-state index is 0.00286. The van der Waals surface area contributed by atoms with Gasteiger partial charge in [0.15, 0.2) is 11.5 Å². The average Bonchev–Trinajstić information content (AvgIpc) is 3.68. The van der Waals surface area contributed by atoms with Crippen LogP contribution in [0, 0.1) is 0 Å². The summed E-state index contributed by atoms with van der Waals surface area (Å²) < 4.78 is 11.4. The van der Waals surface area contributed by atoms with Crippen LogP contribution in [-0.4, -0.2) is 88.7 Å². The summed E-state index contributed by atoms with van der Waals surface area (Å²) in [6, 6.07) is 12.8. The van der Waals surface area contributed by atoms with E-state index in [0.29, 0.717) is 32.0 Å². The van der Waals surface area contributed by atoms with Gasteiger partial charge < -0.3 is 29.2 Å². The van der Waals surface area contributed by atoms with Crippen molar-refractivity contribution in [3.63, 3.8) is 0 Å². The number of piperazine rings is 1. The van der Waals surface area contributed by atoms with Gasteiger partial charge in [0.05, 0.1) is 25.4 Å². The summed E-state index contributed by atoms with van der Waals surface area (Å²) in [5, 5.41) is 2.19. The van der Waals surface area contributed by atoms with Gasteiger partial charge in [0.25, 0.3) is 0 Å². The van der Waals surface area contributed by atoms with E-state index in [4.69, 9.17) is 9.47 Å². The Morgan fingerprint density at radius 3 is 2.76 bits per heavy atom. The molecule has 1 N–H and O–H groups in total. The Bertz CT molecular complexity index is 1530. The Morgan fingerprint density at radius 1 is 1.02 bits per heavy atom. The first-order valence-electron chi connectivity index (χ1n) is 14.4. The highest BCUT2D eigenvalue weighted by Crippen LogP contribution is 2.32. The number of H-pyrrole nitrogens is 1. The Balaban J connectivity index is 1.11. The van der Waals surface area contributed by atoms with Crippen molar-refractivity contribution in [2.24, 2.45) is 0 Å². The van der Waals surface area contributed by atoms with Crippen molar-refractivity contribution in [2.75, 3.05) is 55.7 Å². The molecule has 41 heavy (non-hydrogen) atoms. The minimum Gasteiger partial charge on any atom is -0.491 e. The number of hydrogen-bond acceptors (Lipinski definition) is 9. The predicted octanol–water partition coefficient (Wildman–Crippen LogP) is 3.55. The van der Waals surface area contributed by atoms with Gasteiger partial charge in [0.1, 0.15) is 24.2 Å². The summed E-state index contributed by atoms with van der Waals surface area (Å²) in [5.41, 5.74) is 2.64. The van der Waals surface area contributed by atoms with Crippen molar-refractivity contribution < 1.29 is 19.1 Å². The van der Waals surface area contributed by atoms with E-state index in [-0.39, 0.29) is 30.8 Å². The normalized spacial score (nSPS) is 17.4. The molecule has 2 saturated heterocycles. The minimum atomic E-state index is -0.321. The maximum absolute atomic E-state index is 12.6. The molecule has 0 aliphatic carbocycles. The first-order chi connectivity index (χ1) is 20.1. The molecule has 0 radical (unpaired) electrons. The summed E-state index contributed by atoms with van der Waals surface area (Å²) in [6.45, 7) is 6.29. The van der Waals surface area contributed by atoms with Crippen LogP contribution in [0.4, 0.5) is 11.5 Å². The second kappa shape index (κ2) is 12.0. The van der Waals surface area contributed by atoms with Crippen LogP contribution in [0.25, 0.3) is 21.9 Å². The lowest BCUT2D eigenvalue weighted by atomic mass is 10.1. The van der Waals surface area contributed by atoms with Crippen LogP contribution < -0.4 is 14.5 Å². The van der Waals surface area contributed by atoms with Gasteiger partial charge in [-0.3, -0.25) is 9.59 Å². The molecular weight excluding hydrogens is 522 g/mol. The van der Waals surface area contributed by atoms with Gasteiger partial charge in [-0.2, -0.15) is 0 Å². The molecule has 2 aliphatic rings. The van der Waals surface area contributed by atoms with E-state index in [1.165, 1.54) is 0 Å². The molecule has 0 saturated carbocycles. The fraction of sp³-hybridized carbons (Fsp3) is 0.433. The third kappa shape index (κ3) is 5.75. The first kappa shape index (κ1) is 26.8. The lowest BCUT2D eigenvalue weighted by Crippen LogP contribution is -2.48. The standard InChI is InChI=1S/C30H35N7O4/c1-2-40-27(39)11-10-26(38)36-15-13-35(14-16-36)22-9-8-21-5-3-7-25(24(21)17-22)41-18-23-6-4-12-37(23)30-28-29(32-19-31-28)33-20-34-30/h3,5,7-9,17,19-20,23H,2,4,6,10-16,18H2,1H3,(H,31,32,33,34)/t23-/m1/s1. The average molecular weight is 558 g/mol. The van der Waals surface area contributed by atoms with Gasteiger partial charge in [-0.05, 0) is 43.4 Å². The quantitative estimate of drug-likeness (QED) is 0.308. The van der Waals surface area contributed by atoms with Gasteiger partial charge in [0.2, 0.25) is 5.91 Å². The molecule has 6 rings (SSSR count). The zero-order valence-electron chi connectivity index (χ0n) is 23.3. The topological polar surface area (TPSA) is 117 Å². The fourth-order valence-corrected chi connectivity index (χ4v) is 5.81. The van der Waals surface area contributed by atoms with Crippen molar-refractivity contribution >= 4 is 45.3 Å². The molecule has 2 fully saturated rings. The Labute approximate surface area is 238 Å². The summed E-state index contributed by atoms with van der Waals surface area (Å²) >= 11 is 0. The fourth-order valence-electron chi connectivity index (χ4n) is 5.81. The predicted molar refractivity (Wildman–Crippen MR) is 156 cm³/mol. The highest BCUT2D eigenvalue weighted by Gasteiger charge is 2.29. The van der Waals surface area contributed by atoms with Gasteiger partial charge in [-0.1, -0.05) is 18.2 Å². The molecule has 214 valence electrons. The molecule has 1 atom stereocenters. The Kier molecular flexibility index (Phi) is 7.84. The van der Waals surface area contributed by atoms with Crippen molar-refractivity contribution in [3.8, 4) is 5.75 Å². The van der Waals surface area contributed by atoms with Crippen LogP contribution in [0.2, 0.25) is 0 Å². The smallest absolute Gasteiger partial charge is 0.306 e. The third-order valence-electron chi connectivity index (χ3n) is 7.95. The van der Waals surface area contributed by atoms with Gasteiger partial charge in [-0.15, -0.1) is 0 Å². The molecule has 0 unspecified atom stereocenters. The Morgan fingerprint density at radius 2 is 1.90 bits per heavy atom. The maximum atomic E-state index is 12.6. The molecule has 2 aromatic heterocycles. The summed E-state index contributed by atoms with van der Waals surface area (Å²) in [7, 11) is 0. The second-order valence-electron chi connectivity index (χ2n) is 10.4.